The fourth-order valence-electron chi connectivity index (χ4n) is 1.87. The maximum absolute atomic E-state index is 11.3. The first-order chi connectivity index (χ1) is 10.2. The number of anilines is 1. The largest absolute Gasteiger partial charge is 0.487 e. The molecule has 2 rings (SSSR count). The highest BCUT2D eigenvalue weighted by Crippen LogP contribution is 2.35. The monoisotopic (exact) mass is 287 g/mol. The van der Waals surface area contributed by atoms with Gasteiger partial charge in [0.2, 0.25) is 0 Å². The van der Waals surface area contributed by atoms with Crippen LogP contribution in [0, 0.1) is 10.1 Å². The highest BCUT2D eigenvalue weighted by Gasteiger charge is 2.20. The number of pyridine rings is 1. The maximum Gasteiger partial charge on any atom is 0.333 e. The molecule has 2 aromatic rings. The topological polar surface area (TPSA) is 77.3 Å². The molecule has 0 fully saturated rings. The van der Waals surface area contributed by atoms with E-state index in [9.17, 15) is 10.1 Å². The third-order valence-electron chi connectivity index (χ3n) is 2.83. The van der Waals surface area contributed by atoms with Gasteiger partial charge in [-0.15, -0.1) is 0 Å². The number of hydrogen-bond donors (Lipinski definition) is 1. The van der Waals surface area contributed by atoms with Crippen molar-refractivity contribution in [3.8, 4) is 5.75 Å². The van der Waals surface area contributed by atoms with E-state index in [1.165, 1.54) is 0 Å². The van der Waals surface area contributed by atoms with Crippen LogP contribution in [0.25, 0.3) is 0 Å². The second kappa shape index (κ2) is 7.23. The van der Waals surface area contributed by atoms with Crippen molar-refractivity contribution in [3.05, 3.63) is 58.4 Å². The first-order valence-corrected chi connectivity index (χ1v) is 6.76. The number of aromatic nitrogens is 1. The van der Waals surface area contributed by atoms with Gasteiger partial charge in [-0.1, -0.05) is 19.1 Å². The van der Waals surface area contributed by atoms with Gasteiger partial charge in [0.05, 0.1) is 23.8 Å². The molecule has 0 aliphatic heterocycles. The molecular weight excluding hydrogens is 270 g/mol. The van der Waals surface area contributed by atoms with Crippen LogP contribution in [0.4, 0.5) is 11.4 Å². The van der Waals surface area contributed by atoms with E-state index in [0.717, 1.165) is 12.1 Å². The van der Waals surface area contributed by atoms with Crippen LogP contribution in [0.1, 0.15) is 19.0 Å². The van der Waals surface area contributed by atoms with Gasteiger partial charge in [0.25, 0.3) is 0 Å². The van der Waals surface area contributed by atoms with E-state index in [4.69, 9.17) is 4.74 Å². The summed E-state index contributed by atoms with van der Waals surface area (Å²) in [5.74, 6) is 0.285. The molecule has 1 aromatic heterocycles. The number of nitro groups is 1. The quantitative estimate of drug-likeness (QED) is 0.624. The molecule has 0 amide bonds. The zero-order valence-electron chi connectivity index (χ0n) is 11.8. The van der Waals surface area contributed by atoms with Crippen molar-refractivity contribution in [1.82, 2.24) is 4.98 Å². The minimum absolute atomic E-state index is 0.0399. The Bertz CT molecular complexity index is 602. The van der Waals surface area contributed by atoms with Crippen molar-refractivity contribution in [2.45, 2.75) is 19.9 Å². The minimum Gasteiger partial charge on any atom is -0.487 e. The van der Waals surface area contributed by atoms with Crippen molar-refractivity contribution in [3.63, 3.8) is 0 Å². The number of hydrogen-bond acceptors (Lipinski definition) is 5. The number of para-hydroxylation sites is 1. The van der Waals surface area contributed by atoms with E-state index in [2.05, 4.69) is 10.3 Å². The molecule has 6 nitrogen and oxygen atoms in total. The van der Waals surface area contributed by atoms with Crippen molar-refractivity contribution < 1.29 is 9.66 Å². The SMILES string of the molecule is CCCOc1cccc(NCc2ccccn2)c1[N+](=O)[O-]. The Labute approximate surface area is 122 Å². The van der Waals surface area contributed by atoms with Gasteiger partial charge in [-0.3, -0.25) is 15.1 Å². The van der Waals surface area contributed by atoms with Crippen LogP contribution >= 0.6 is 0 Å². The summed E-state index contributed by atoms with van der Waals surface area (Å²) < 4.78 is 5.44. The van der Waals surface area contributed by atoms with Gasteiger partial charge in [-0.05, 0) is 30.7 Å². The van der Waals surface area contributed by atoms with Gasteiger partial charge in [0.1, 0.15) is 5.69 Å². The number of benzene rings is 1. The number of nitrogens with zero attached hydrogens (tertiary/aromatic N) is 2. The van der Waals surface area contributed by atoms with Crippen LogP contribution in [0.2, 0.25) is 0 Å². The first kappa shape index (κ1) is 14.8. The van der Waals surface area contributed by atoms with E-state index in [-0.39, 0.29) is 11.4 Å². The summed E-state index contributed by atoms with van der Waals surface area (Å²) in [5.41, 5.74) is 1.20. The minimum atomic E-state index is -0.425. The van der Waals surface area contributed by atoms with Gasteiger partial charge in [0, 0.05) is 6.20 Å². The van der Waals surface area contributed by atoms with Crippen LogP contribution in [0.3, 0.4) is 0 Å². The summed E-state index contributed by atoms with van der Waals surface area (Å²) >= 11 is 0. The van der Waals surface area contributed by atoms with Crippen LogP contribution in [0.5, 0.6) is 5.75 Å². The third-order valence-corrected chi connectivity index (χ3v) is 2.83. The van der Waals surface area contributed by atoms with Gasteiger partial charge in [-0.25, -0.2) is 0 Å². The second-order valence-electron chi connectivity index (χ2n) is 4.43. The van der Waals surface area contributed by atoms with E-state index < -0.39 is 4.92 Å². The third kappa shape index (κ3) is 3.92. The predicted molar refractivity (Wildman–Crippen MR) is 80.4 cm³/mol. The molecule has 0 radical (unpaired) electrons. The first-order valence-electron chi connectivity index (χ1n) is 6.76. The van der Waals surface area contributed by atoms with Gasteiger partial charge >= 0.3 is 5.69 Å². The summed E-state index contributed by atoms with van der Waals surface area (Å²) in [5, 5.41) is 14.3. The Morgan fingerprint density at radius 2 is 2.14 bits per heavy atom. The molecular formula is C15H17N3O3. The molecule has 110 valence electrons. The normalized spacial score (nSPS) is 10.1. The average Bonchev–Trinajstić information content (AvgIpc) is 2.51. The Hall–Kier alpha value is -2.63. The van der Waals surface area contributed by atoms with Crippen molar-refractivity contribution in [2.24, 2.45) is 0 Å². The zero-order valence-corrected chi connectivity index (χ0v) is 11.8. The van der Waals surface area contributed by atoms with Crippen LogP contribution in [-0.4, -0.2) is 16.5 Å². The average molecular weight is 287 g/mol. The van der Waals surface area contributed by atoms with Crippen molar-refractivity contribution in [1.29, 1.82) is 0 Å². The lowest BCUT2D eigenvalue weighted by Crippen LogP contribution is -2.06. The number of rotatable bonds is 7. The summed E-state index contributed by atoms with van der Waals surface area (Å²) in [6.07, 6.45) is 2.48. The second-order valence-corrected chi connectivity index (χ2v) is 4.43. The van der Waals surface area contributed by atoms with E-state index in [1.54, 1.807) is 24.4 Å². The van der Waals surface area contributed by atoms with Crippen molar-refractivity contribution in [2.75, 3.05) is 11.9 Å². The Morgan fingerprint density at radius 1 is 1.29 bits per heavy atom. The van der Waals surface area contributed by atoms with Crippen molar-refractivity contribution >= 4 is 11.4 Å². The lowest BCUT2D eigenvalue weighted by molar-refractivity contribution is -0.385. The molecule has 0 unspecified atom stereocenters. The summed E-state index contributed by atoms with van der Waals surface area (Å²) in [6.45, 7) is 2.82. The number of ether oxygens (including phenoxy) is 1. The highest BCUT2D eigenvalue weighted by molar-refractivity contribution is 5.68. The maximum atomic E-state index is 11.3. The van der Waals surface area contributed by atoms with Gasteiger partial charge < -0.3 is 10.1 Å². The summed E-state index contributed by atoms with van der Waals surface area (Å²) in [7, 11) is 0. The van der Waals surface area contributed by atoms with Crippen LogP contribution < -0.4 is 10.1 Å². The molecule has 0 saturated heterocycles. The summed E-state index contributed by atoms with van der Waals surface area (Å²) in [6, 6.07) is 10.6. The zero-order chi connectivity index (χ0) is 15.1. The fraction of sp³-hybridized carbons (Fsp3) is 0.267. The molecule has 1 aromatic carbocycles. The molecule has 6 heteroatoms. The molecule has 0 spiro atoms. The molecule has 0 aliphatic carbocycles. The Kier molecular flexibility index (Phi) is 5.09. The van der Waals surface area contributed by atoms with Crippen LogP contribution in [0.15, 0.2) is 42.6 Å². The van der Waals surface area contributed by atoms with Gasteiger partial charge in [0.15, 0.2) is 5.75 Å². The lowest BCUT2D eigenvalue weighted by Gasteiger charge is -2.10. The fourth-order valence-corrected chi connectivity index (χ4v) is 1.87. The molecule has 0 saturated carbocycles. The Balaban J connectivity index is 2.20. The molecule has 1 N–H and O–H groups in total. The number of nitrogens with one attached hydrogen (secondary N) is 1. The smallest absolute Gasteiger partial charge is 0.333 e. The molecule has 0 atom stereocenters. The van der Waals surface area contributed by atoms with E-state index >= 15 is 0 Å². The molecule has 21 heavy (non-hydrogen) atoms. The standard InChI is InChI=1S/C15H17N3O3/c1-2-10-21-14-8-5-7-13(15(14)18(19)20)17-11-12-6-3-4-9-16-12/h3-9,17H,2,10-11H2,1H3. The van der Waals surface area contributed by atoms with Crippen LogP contribution in [-0.2, 0) is 6.54 Å². The van der Waals surface area contributed by atoms with E-state index in [1.807, 2.05) is 25.1 Å². The predicted octanol–water partition coefficient (Wildman–Crippen LogP) is 3.39. The molecule has 1 heterocycles. The Morgan fingerprint density at radius 3 is 2.81 bits per heavy atom. The lowest BCUT2D eigenvalue weighted by atomic mass is 10.2. The molecule has 0 bridgehead atoms. The number of nitro benzene ring substituents is 1. The summed E-state index contributed by atoms with van der Waals surface area (Å²) in [4.78, 5) is 15.0. The van der Waals surface area contributed by atoms with Gasteiger partial charge in [-0.2, -0.15) is 0 Å². The highest BCUT2D eigenvalue weighted by atomic mass is 16.6. The molecule has 0 aliphatic rings. The van der Waals surface area contributed by atoms with E-state index in [0.29, 0.717) is 18.8 Å².